The molecular formula is C4H2F4O. The molecule has 0 aliphatic rings. The Morgan fingerprint density at radius 2 is 1.67 bits per heavy atom. The summed E-state index contributed by atoms with van der Waals surface area (Å²) < 4.78 is 44.6. The standard InChI is InChI=1S/C4H2F4O/c1-2(3(5)9)4(6,7)8/h1H2. The van der Waals surface area contributed by atoms with Crippen LogP contribution in [-0.2, 0) is 4.79 Å². The third kappa shape index (κ3) is 2.25. The fraction of sp³-hybridized carbons (Fsp3) is 0.250. The topological polar surface area (TPSA) is 17.1 Å². The molecule has 0 aromatic rings. The highest BCUT2D eigenvalue weighted by molar-refractivity contribution is 5.87. The Morgan fingerprint density at radius 3 is 1.67 bits per heavy atom. The van der Waals surface area contributed by atoms with E-state index in [9.17, 15) is 22.4 Å². The van der Waals surface area contributed by atoms with Crippen LogP contribution in [0.1, 0.15) is 0 Å². The zero-order chi connectivity index (χ0) is 7.65. The number of carbonyl (C=O) groups is 1. The van der Waals surface area contributed by atoms with Gasteiger partial charge in [0, 0.05) is 0 Å². The van der Waals surface area contributed by atoms with E-state index in [1.807, 2.05) is 0 Å². The fourth-order valence-electron chi connectivity index (χ4n) is 0.111. The molecule has 5 heteroatoms. The number of carbonyl (C=O) groups excluding carboxylic acids is 1. The zero-order valence-corrected chi connectivity index (χ0v) is 4.13. The Labute approximate surface area is 48.0 Å². The van der Waals surface area contributed by atoms with Gasteiger partial charge >= 0.3 is 12.2 Å². The highest BCUT2D eigenvalue weighted by atomic mass is 19.4. The predicted molar refractivity (Wildman–Crippen MR) is 21.3 cm³/mol. The highest BCUT2D eigenvalue weighted by Gasteiger charge is 2.36. The normalized spacial score (nSPS) is 11.1. The minimum Gasteiger partial charge on any atom is -0.255 e. The minimum atomic E-state index is -4.94. The minimum absolute atomic E-state index is 1.97. The van der Waals surface area contributed by atoms with Gasteiger partial charge in [0.1, 0.15) is 5.57 Å². The lowest BCUT2D eigenvalue weighted by atomic mass is 10.3. The monoisotopic (exact) mass is 142 g/mol. The lowest BCUT2D eigenvalue weighted by Gasteiger charge is -2.01. The van der Waals surface area contributed by atoms with Gasteiger partial charge in [0.05, 0.1) is 0 Å². The first-order chi connectivity index (χ1) is 3.85. The van der Waals surface area contributed by atoms with Crippen LogP contribution in [-0.4, -0.2) is 12.2 Å². The Morgan fingerprint density at radius 1 is 1.33 bits per heavy atom. The molecule has 0 N–H and O–H groups in total. The van der Waals surface area contributed by atoms with Gasteiger partial charge in [-0.3, -0.25) is 4.79 Å². The predicted octanol–water partition coefficient (Wildman–Crippen LogP) is 1.60. The molecule has 52 valence electrons. The molecule has 1 nitrogen and oxygen atoms in total. The molecule has 0 aromatic heterocycles. The summed E-state index contributed by atoms with van der Waals surface area (Å²) in [4.78, 5) is 9.30. The molecule has 0 amide bonds. The smallest absolute Gasteiger partial charge is 0.255 e. The van der Waals surface area contributed by atoms with Gasteiger partial charge in [-0.05, 0) is 0 Å². The van der Waals surface area contributed by atoms with Gasteiger partial charge in [-0.1, -0.05) is 6.58 Å². The molecule has 0 radical (unpaired) electrons. The van der Waals surface area contributed by atoms with E-state index >= 15 is 0 Å². The molecule has 0 aromatic carbocycles. The first-order valence-electron chi connectivity index (χ1n) is 1.81. The summed E-state index contributed by atoms with van der Waals surface area (Å²) in [5.74, 6) is 0. The average molecular weight is 142 g/mol. The van der Waals surface area contributed by atoms with Gasteiger partial charge in [0.2, 0.25) is 0 Å². The van der Waals surface area contributed by atoms with E-state index in [-0.39, 0.29) is 0 Å². The SMILES string of the molecule is C=C(C(=O)F)C(F)(F)F. The van der Waals surface area contributed by atoms with Crippen LogP contribution in [0.15, 0.2) is 12.2 Å². The van der Waals surface area contributed by atoms with Crippen LogP contribution < -0.4 is 0 Å². The van der Waals surface area contributed by atoms with Crippen molar-refractivity contribution in [1.82, 2.24) is 0 Å². The second-order valence-corrected chi connectivity index (χ2v) is 1.25. The van der Waals surface area contributed by atoms with Crippen LogP contribution in [0.4, 0.5) is 17.6 Å². The fourth-order valence-corrected chi connectivity index (χ4v) is 0.111. The van der Waals surface area contributed by atoms with Crippen molar-refractivity contribution in [3.05, 3.63) is 12.2 Å². The van der Waals surface area contributed by atoms with E-state index < -0.39 is 17.8 Å². The van der Waals surface area contributed by atoms with Crippen molar-refractivity contribution >= 4 is 6.04 Å². The third-order valence-electron chi connectivity index (χ3n) is 0.579. The molecule has 0 heterocycles. The van der Waals surface area contributed by atoms with E-state index in [0.29, 0.717) is 0 Å². The van der Waals surface area contributed by atoms with Crippen molar-refractivity contribution < 1.29 is 22.4 Å². The lowest BCUT2D eigenvalue weighted by Crippen LogP contribution is -2.15. The Bertz CT molecular complexity index is 145. The molecule has 0 rings (SSSR count). The van der Waals surface area contributed by atoms with Crippen molar-refractivity contribution in [2.24, 2.45) is 0 Å². The van der Waals surface area contributed by atoms with Crippen LogP contribution in [0.25, 0.3) is 0 Å². The molecule has 0 saturated heterocycles. The van der Waals surface area contributed by atoms with Crippen LogP contribution in [0.5, 0.6) is 0 Å². The first-order valence-corrected chi connectivity index (χ1v) is 1.81. The molecule has 0 atom stereocenters. The lowest BCUT2D eigenvalue weighted by molar-refractivity contribution is -0.137. The summed E-state index contributed by atoms with van der Waals surface area (Å²) in [6, 6.07) is -2.54. The molecular weight excluding hydrogens is 140 g/mol. The summed E-state index contributed by atoms with van der Waals surface area (Å²) >= 11 is 0. The molecule has 0 spiro atoms. The zero-order valence-electron chi connectivity index (χ0n) is 4.13. The molecule has 9 heavy (non-hydrogen) atoms. The molecule has 0 aliphatic carbocycles. The number of hydrogen-bond donors (Lipinski definition) is 0. The molecule has 0 saturated carbocycles. The van der Waals surface area contributed by atoms with Gasteiger partial charge in [0.25, 0.3) is 0 Å². The van der Waals surface area contributed by atoms with E-state index in [4.69, 9.17) is 0 Å². The van der Waals surface area contributed by atoms with Gasteiger partial charge < -0.3 is 0 Å². The van der Waals surface area contributed by atoms with Gasteiger partial charge in [0.15, 0.2) is 0 Å². The molecule has 0 bridgehead atoms. The molecule has 0 aliphatic heterocycles. The van der Waals surface area contributed by atoms with Crippen LogP contribution >= 0.6 is 0 Å². The van der Waals surface area contributed by atoms with Crippen molar-refractivity contribution in [3.63, 3.8) is 0 Å². The summed E-state index contributed by atoms with van der Waals surface area (Å²) in [6.07, 6.45) is -4.94. The van der Waals surface area contributed by atoms with Crippen molar-refractivity contribution in [3.8, 4) is 0 Å². The summed E-state index contributed by atoms with van der Waals surface area (Å²) in [5, 5.41) is 0. The van der Waals surface area contributed by atoms with Gasteiger partial charge in [-0.2, -0.15) is 17.6 Å². The Balaban J connectivity index is 4.23. The van der Waals surface area contributed by atoms with Crippen LogP contribution in [0, 0.1) is 0 Å². The molecule has 0 unspecified atom stereocenters. The average Bonchev–Trinajstić information content (AvgIpc) is 1.62. The summed E-state index contributed by atoms with van der Waals surface area (Å²) in [7, 11) is 0. The van der Waals surface area contributed by atoms with Gasteiger partial charge in [-0.15, -0.1) is 0 Å². The first kappa shape index (κ1) is 8.13. The van der Waals surface area contributed by atoms with Gasteiger partial charge in [-0.25, -0.2) is 0 Å². The van der Waals surface area contributed by atoms with E-state index in [2.05, 4.69) is 6.58 Å². The van der Waals surface area contributed by atoms with Crippen LogP contribution in [0.3, 0.4) is 0 Å². The van der Waals surface area contributed by atoms with Crippen molar-refractivity contribution in [2.75, 3.05) is 0 Å². The Kier molecular flexibility index (Phi) is 1.95. The molecule has 0 fully saturated rings. The maximum Gasteiger partial charge on any atom is 0.421 e. The third-order valence-corrected chi connectivity index (χ3v) is 0.579. The second-order valence-electron chi connectivity index (χ2n) is 1.25. The van der Waals surface area contributed by atoms with Crippen LogP contribution in [0.2, 0.25) is 0 Å². The number of rotatable bonds is 1. The quantitative estimate of drug-likeness (QED) is 0.308. The van der Waals surface area contributed by atoms with E-state index in [1.165, 1.54) is 0 Å². The summed E-state index contributed by atoms with van der Waals surface area (Å²) in [5.41, 5.74) is -1.97. The number of allylic oxidation sites excluding steroid dienone is 1. The Hall–Kier alpha value is -0.870. The summed E-state index contributed by atoms with van der Waals surface area (Å²) in [6.45, 7) is 2.18. The van der Waals surface area contributed by atoms with Crippen molar-refractivity contribution in [1.29, 1.82) is 0 Å². The number of hydrogen-bond acceptors (Lipinski definition) is 1. The highest BCUT2D eigenvalue weighted by Crippen LogP contribution is 2.24. The second kappa shape index (κ2) is 2.16. The maximum atomic E-state index is 11.1. The largest absolute Gasteiger partial charge is 0.421 e. The maximum absolute atomic E-state index is 11.1. The number of halogens is 4. The van der Waals surface area contributed by atoms with E-state index in [1.54, 1.807) is 0 Å². The van der Waals surface area contributed by atoms with E-state index in [0.717, 1.165) is 0 Å². The van der Waals surface area contributed by atoms with Crippen molar-refractivity contribution in [2.45, 2.75) is 6.18 Å². The number of alkyl halides is 3.